The highest BCUT2D eigenvalue weighted by Crippen LogP contribution is 2.31. The van der Waals surface area contributed by atoms with Crippen LogP contribution in [0, 0.1) is 6.92 Å². The Morgan fingerprint density at radius 2 is 1.89 bits per heavy atom. The lowest BCUT2D eigenvalue weighted by atomic mass is 10.1. The smallest absolute Gasteiger partial charge is 0.112 e. The van der Waals surface area contributed by atoms with Crippen molar-refractivity contribution in [2.45, 2.75) is 26.0 Å². The number of para-hydroxylation sites is 1. The standard InChI is InChI=1S/C23H23N3O2/c1-16-22-23(19-9-5-6-10-20(19)24-16)26-18(14-27-12-11-21(26)25-22)15-28-13-17-7-3-2-4-8-17/h2-10,18H,11-15H2,1H3/t18-/m1/s1. The van der Waals surface area contributed by atoms with Gasteiger partial charge in [0.2, 0.25) is 0 Å². The van der Waals surface area contributed by atoms with Crippen molar-refractivity contribution >= 4 is 21.9 Å². The summed E-state index contributed by atoms with van der Waals surface area (Å²) in [6.45, 7) is 4.54. The molecule has 0 fully saturated rings. The van der Waals surface area contributed by atoms with Crippen LogP contribution in [-0.4, -0.2) is 34.4 Å². The van der Waals surface area contributed by atoms with Gasteiger partial charge in [-0.15, -0.1) is 0 Å². The van der Waals surface area contributed by atoms with E-state index in [2.05, 4.69) is 34.9 Å². The first-order chi connectivity index (χ1) is 13.8. The van der Waals surface area contributed by atoms with Gasteiger partial charge in [0, 0.05) is 11.8 Å². The zero-order valence-corrected chi connectivity index (χ0v) is 16.0. The van der Waals surface area contributed by atoms with Gasteiger partial charge in [-0.25, -0.2) is 4.98 Å². The molecule has 1 atom stereocenters. The van der Waals surface area contributed by atoms with Gasteiger partial charge >= 0.3 is 0 Å². The summed E-state index contributed by atoms with van der Waals surface area (Å²) in [6, 6.07) is 18.7. The number of aryl methyl sites for hydroxylation is 1. The van der Waals surface area contributed by atoms with E-state index < -0.39 is 0 Å². The largest absolute Gasteiger partial charge is 0.379 e. The molecule has 142 valence electrons. The molecule has 1 aliphatic rings. The van der Waals surface area contributed by atoms with E-state index in [-0.39, 0.29) is 6.04 Å². The molecule has 0 saturated carbocycles. The van der Waals surface area contributed by atoms with Crippen LogP contribution in [0.3, 0.4) is 0 Å². The summed E-state index contributed by atoms with van der Waals surface area (Å²) in [5.74, 6) is 1.06. The van der Waals surface area contributed by atoms with E-state index in [0.717, 1.165) is 39.9 Å². The van der Waals surface area contributed by atoms with Gasteiger partial charge < -0.3 is 14.0 Å². The number of hydrogen-bond donors (Lipinski definition) is 0. The molecule has 2 aromatic carbocycles. The Morgan fingerprint density at radius 3 is 2.79 bits per heavy atom. The van der Waals surface area contributed by atoms with Crippen molar-refractivity contribution in [2.24, 2.45) is 0 Å². The number of pyridine rings is 1. The van der Waals surface area contributed by atoms with Crippen molar-refractivity contribution in [1.29, 1.82) is 0 Å². The molecule has 5 nitrogen and oxygen atoms in total. The number of rotatable bonds is 4. The molecule has 5 rings (SSSR count). The first-order valence-electron chi connectivity index (χ1n) is 9.77. The maximum atomic E-state index is 6.09. The third-order valence-electron chi connectivity index (χ3n) is 5.34. The van der Waals surface area contributed by atoms with E-state index in [1.165, 1.54) is 5.56 Å². The van der Waals surface area contributed by atoms with Gasteiger partial charge in [-0.3, -0.25) is 4.98 Å². The van der Waals surface area contributed by atoms with Gasteiger partial charge in [0.15, 0.2) is 0 Å². The number of ether oxygens (including phenoxy) is 2. The molecule has 0 unspecified atom stereocenters. The van der Waals surface area contributed by atoms with Crippen LogP contribution in [0.15, 0.2) is 54.6 Å². The van der Waals surface area contributed by atoms with Crippen molar-refractivity contribution in [3.8, 4) is 0 Å². The molecule has 3 heterocycles. The summed E-state index contributed by atoms with van der Waals surface area (Å²) in [5, 5.41) is 1.14. The predicted octanol–water partition coefficient (Wildman–Crippen LogP) is 4.22. The molecule has 2 aromatic heterocycles. The molecular weight excluding hydrogens is 350 g/mol. The molecule has 0 saturated heterocycles. The predicted molar refractivity (Wildman–Crippen MR) is 109 cm³/mol. The van der Waals surface area contributed by atoms with Crippen LogP contribution in [-0.2, 0) is 22.5 Å². The van der Waals surface area contributed by atoms with Crippen LogP contribution in [0.25, 0.3) is 21.9 Å². The van der Waals surface area contributed by atoms with Crippen LogP contribution in [0.4, 0.5) is 0 Å². The summed E-state index contributed by atoms with van der Waals surface area (Å²) >= 11 is 0. The third-order valence-corrected chi connectivity index (χ3v) is 5.34. The normalized spacial score (nSPS) is 17.0. The minimum Gasteiger partial charge on any atom is -0.379 e. The fraction of sp³-hybridized carbons (Fsp3) is 0.304. The Balaban J connectivity index is 1.55. The lowest BCUT2D eigenvalue weighted by Gasteiger charge is -2.20. The highest BCUT2D eigenvalue weighted by molar-refractivity contribution is 6.03. The van der Waals surface area contributed by atoms with E-state index >= 15 is 0 Å². The van der Waals surface area contributed by atoms with Gasteiger partial charge in [0.25, 0.3) is 0 Å². The highest BCUT2D eigenvalue weighted by Gasteiger charge is 2.25. The fourth-order valence-corrected chi connectivity index (χ4v) is 4.03. The number of fused-ring (bicyclic) bond motifs is 5. The molecule has 0 amide bonds. The van der Waals surface area contributed by atoms with Crippen molar-refractivity contribution in [1.82, 2.24) is 14.5 Å². The van der Waals surface area contributed by atoms with Gasteiger partial charge in [-0.2, -0.15) is 0 Å². The van der Waals surface area contributed by atoms with E-state index in [1.807, 2.05) is 31.2 Å². The van der Waals surface area contributed by atoms with Crippen molar-refractivity contribution in [3.05, 3.63) is 71.7 Å². The summed E-state index contributed by atoms with van der Waals surface area (Å²) in [5.41, 5.74) is 5.29. The van der Waals surface area contributed by atoms with Crippen LogP contribution < -0.4 is 0 Å². The lowest BCUT2D eigenvalue weighted by molar-refractivity contribution is 0.0476. The minimum absolute atomic E-state index is 0.0939. The van der Waals surface area contributed by atoms with Crippen LogP contribution in [0.1, 0.15) is 23.1 Å². The summed E-state index contributed by atoms with van der Waals surface area (Å²) in [7, 11) is 0. The molecule has 0 N–H and O–H groups in total. The number of aromatic nitrogens is 3. The Kier molecular flexibility index (Phi) is 4.55. The maximum absolute atomic E-state index is 6.09. The van der Waals surface area contributed by atoms with Gasteiger partial charge in [0.05, 0.1) is 49.2 Å². The van der Waals surface area contributed by atoms with Gasteiger partial charge in [0.1, 0.15) is 11.3 Å². The Morgan fingerprint density at radius 1 is 1.07 bits per heavy atom. The van der Waals surface area contributed by atoms with Crippen LogP contribution >= 0.6 is 0 Å². The monoisotopic (exact) mass is 373 g/mol. The van der Waals surface area contributed by atoms with Crippen molar-refractivity contribution in [3.63, 3.8) is 0 Å². The molecule has 4 aromatic rings. The maximum Gasteiger partial charge on any atom is 0.112 e. The first kappa shape index (κ1) is 17.3. The summed E-state index contributed by atoms with van der Waals surface area (Å²) in [6.07, 6.45) is 0.803. The average molecular weight is 373 g/mol. The first-order valence-corrected chi connectivity index (χ1v) is 9.77. The van der Waals surface area contributed by atoms with Crippen molar-refractivity contribution < 1.29 is 9.47 Å². The number of benzene rings is 2. The average Bonchev–Trinajstić information content (AvgIpc) is 3.00. The number of nitrogens with zero attached hydrogens (tertiary/aromatic N) is 3. The van der Waals surface area contributed by atoms with Crippen molar-refractivity contribution in [2.75, 3.05) is 19.8 Å². The molecule has 28 heavy (non-hydrogen) atoms. The second-order valence-electron chi connectivity index (χ2n) is 7.29. The Hall–Kier alpha value is -2.76. The second kappa shape index (κ2) is 7.34. The topological polar surface area (TPSA) is 49.2 Å². The number of hydrogen-bond acceptors (Lipinski definition) is 4. The molecule has 0 radical (unpaired) electrons. The molecule has 5 heteroatoms. The molecule has 0 spiro atoms. The minimum atomic E-state index is 0.0939. The second-order valence-corrected chi connectivity index (χ2v) is 7.29. The molecule has 0 bridgehead atoms. The van der Waals surface area contributed by atoms with Crippen LogP contribution in [0.5, 0.6) is 0 Å². The number of imidazole rings is 1. The quantitative estimate of drug-likeness (QED) is 0.537. The molecular formula is C23H23N3O2. The fourth-order valence-electron chi connectivity index (χ4n) is 4.03. The van der Waals surface area contributed by atoms with E-state index in [9.17, 15) is 0 Å². The highest BCUT2D eigenvalue weighted by atomic mass is 16.5. The Labute approximate surface area is 163 Å². The molecule has 1 aliphatic heterocycles. The molecule has 0 aliphatic carbocycles. The zero-order valence-electron chi connectivity index (χ0n) is 16.0. The van der Waals surface area contributed by atoms with Gasteiger partial charge in [-0.1, -0.05) is 48.5 Å². The third kappa shape index (κ3) is 3.07. The van der Waals surface area contributed by atoms with Gasteiger partial charge in [-0.05, 0) is 18.6 Å². The zero-order chi connectivity index (χ0) is 18.9. The summed E-state index contributed by atoms with van der Waals surface area (Å²) in [4.78, 5) is 9.70. The van der Waals surface area contributed by atoms with E-state index in [4.69, 9.17) is 19.4 Å². The van der Waals surface area contributed by atoms with Crippen LogP contribution in [0.2, 0.25) is 0 Å². The SMILES string of the molecule is Cc1nc2ccccc2c2c1nc1n2[C@@H](COCc2ccccc2)COCC1. The Bertz CT molecular complexity index is 1120. The summed E-state index contributed by atoms with van der Waals surface area (Å²) < 4.78 is 14.3. The lowest BCUT2D eigenvalue weighted by Crippen LogP contribution is -2.20. The van der Waals surface area contributed by atoms with E-state index in [1.54, 1.807) is 0 Å². The van der Waals surface area contributed by atoms with E-state index in [0.29, 0.717) is 26.4 Å².